The molecule has 0 aliphatic heterocycles. The number of aromatic nitrogens is 1. The molecule has 1 saturated carbocycles. The fourth-order valence-electron chi connectivity index (χ4n) is 1.40. The first-order chi connectivity index (χ1) is 7.70. The molecule has 1 unspecified atom stereocenters. The van der Waals surface area contributed by atoms with Gasteiger partial charge >= 0.3 is 0 Å². The van der Waals surface area contributed by atoms with Crippen molar-refractivity contribution >= 4 is 5.91 Å². The lowest BCUT2D eigenvalue weighted by atomic mass is 10.2. The zero-order valence-electron chi connectivity index (χ0n) is 9.27. The number of nitrogens with zero attached hydrogens (tertiary/aromatic N) is 1. The summed E-state index contributed by atoms with van der Waals surface area (Å²) in [5.41, 5.74) is 0.296. The summed E-state index contributed by atoms with van der Waals surface area (Å²) in [6, 6.07) is 1.69. The Balaban J connectivity index is 1.87. The third kappa shape index (κ3) is 2.61. The van der Waals surface area contributed by atoms with Crippen LogP contribution in [0.15, 0.2) is 10.6 Å². The second-order valence-corrected chi connectivity index (χ2v) is 4.16. The molecule has 1 aromatic heterocycles. The summed E-state index contributed by atoms with van der Waals surface area (Å²) in [7, 11) is 0. The van der Waals surface area contributed by atoms with Gasteiger partial charge in [-0.2, -0.15) is 0 Å². The van der Waals surface area contributed by atoms with Crippen molar-refractivity contribution in [2.45, 2.75) is 38.2 Å². The minimum Gasteiger partial charge on any atom is -0.391 e. The van der Waals surface area contributed by atoms with Crippen LogP contribution in [0.4, 0.5) is 0 Å². The van der Waals surface area contributed by atoms with E-state index in [4.69, 9.17) is 4.52 Å². The van der Waals surface area contributed by atoms with E-state index in [1.54, 1.807) is 6.07 Å². The minimum atomic E-state index is -0.501. The van der Waals surface area contributed by atoms with Crippen molar-refractivity contribution in [3.05, 3.63) is 17.5 Å². The molecule has 5 heteroatoms. The molecule has 2 rings (SSSR count). The summed E-state index contributed by atoms with van der Waals surface area (Å²) in [6.45, 7) is 2.11. The standard InChI is InChI=1S/C11H16N2O3/c1-2-8(14)6-12-11(15)9-5-10(16-13-9)7-3-4-7/h5,7-8,14H,2-4,6H2,1H3,(H,12,15). The maximum absolute atomic E-state index is 11.6. The summed E-state index contributed by atoms with van der Waals surface area (Å²) in [6.07, 6.45) is 2.35. The summed E-state index contributed by atoms with van der Waals surface area (Å²) in [4.78, 5) is 11.6. The van der Waals surface area contributed by atoms with E-state index in [0.717, 1.165) is 18.6 Å². The van der Waals surface area contributed by atoms with Gasteiger partial charge in [0.15, 0.2) is 5.69 Å². The largest absolute Gasteiger partial charge is 0.391 e. The number of amides is 1. The molecule has 1 aliphatic carbocycles. The Hall–Kier alpha value is -1.36. The maximum atomic E-state index is 11.6. The molecule has 1 atom stereocenters. The molecule has 0 saturated heterocycles. The molecular formula is C11H16N2O3. The molecule has 1 fully saturated rings. The van der Waals surface area contributed by atoms with Gasteiger partial charge in [0.2, 0.25) is 0 Å². The second kappa shape index (κ2) is 4.65. The first-order valence-corrected chi connectivity index (χ1v) is 5.63. The molecule has 0 spiro atoms. The number of hydrogen-bond donors (Lipinski definition) is 2. The second-order valence-electron chi connectivity index (χ2n) is 4.16. The summed E-state index contributed by atoms with van der Waals surface area (Å²) >= 11 is 0. The lowest BCUT2D eigenvalue weighted by Gasteiger charge is -2.07. The highest BCUT2D eigenvalue weighted by Gasteiger charge is 2.28. The summed E-state index contributed by atoms with van der Waals surface area (Å²) in [5, 5.41) is 15.6. The SMILES string of the molecule is CCC(O)CNC(=O)c1cc(C2CC2)on1. The van der Waals surface area contributed by atoms with Gasteiger partial charge in [-0.1, -0.05) is 12.1 Å². The van der Waals surface area contributed by atoms with Gasteiger partial charge in [0, 0.05) is 18.5 Å². The number of carbonyl (C=O) groups excluding carboxylic acids is 1. The lowest BCUT2D eigenvalue weighted by molar-refractivity contribution is 0.0905. The van der Waals surface area contributed by atoms with Crippen molar-refractivity contribution in [3.8, 4) is 0 Å². The molecule has 16 heavy (non-hydrogen) atoms. The number of aliphatic hydroxyl groups is 1. The Kier molecular flexibility index (Phi) is 3.24. The van der Waals surface area contributed by atoms with Gasteiger partial charge in [-0.25, -0.2) is 0 Å². The average molecular weight is 224 g/mol. The van der Waals surface area contributed by atoms with E-state index in [-0.39, 0.29) is 12.5 Å². The highest BCUT2D eigenvalue weighted by atomic mass is 16.5. The smallest absolute Gasteiger partial charge is 0.273 e. The Bertz CT molecular complexity index is 371. The van der Waals surface area contributed by atoms with Crippen LogP contribution in [0.1, 0.15) is 48.4 Å². The predicted molar refractivity (Wildman–Crippen MR) is 57.1 cm³/mol. The van der Waals surface area contributed by atoms with Crippen LogP contribution in [0, 0.1) is 0 Å². The number of carbonyl (C=O) groups is 1. The molecule has 5 nitrogen and oxygen atoms in total. The van der Waals surface area contributed by atoms with Gasteiger partial charge in [-0.05, 0) is 19.3 Å². The average Bonchev–Trinajstić information content (AvgIpc) is 3.03. The van der Waals surface area contributed by atoms with Crippen LogP contribution < -0.4 is 5.32 Å². The van der Waals surface area contributed by atoms with Crippen LogP contribution in [0.3, 0.4) is 0 Å². The van der Waals surface area contributed by atoms with E-state index >= 15 is 0 Å². The number of aliphatic hydroxyl groups excluding tert-OH is 1. The predicted octanol–water partition coefficient (Wildman–Crippen LogP) is 1.05. The number of hydrogen-bond acceptors (Lipinski definition) is 4. The molecule has 0 radical (unpaired) electrons. The Morgan fingerprint density at radius 2 is 2.50 bits per heavy atom. The van der Waals surface area contributed by atoms with E-state index in [1.807, 2.05) is 6.92 Å². The van der Waals surface area contributed by atoms with Crippen molar-refractivity contribution in [1.82, 2.24) is 10.5 Å². The Morgan fingerprint density at radius 3 is 3.12 bits per heavy atom. The highest BCUT2D eigenvalue weighted by molar-refractivity contribution is 5.92. The van der Waals surface area contributed by atoms with Crippen molar-refractivity contribution in [1.29, 1.82) is 0 Å². The van der Waals surface area contributed by atoms with E-state index in [0.29, 0.717) is 18.0 Å². The van der Waals surface area contributed by atoms with Crippen molar-refractivity contribution in [2.75, 3.05) is 6.54 Å². The van der Waals surface area contributed by atoms with Gasteiger partial charge < -0.3 is 14.9 Å². The van der Waals surface area contributed by atoms with Crippen LogP contribution in [-0.4, -0.2) is 28.8 Å². The van der Waals surface area contributed by atoms with Gasteiger partial charge in [0.1, 0.15) is 5.76 Å². The summed E-state index contributed by atoms with van der Waals surface area (Å²) < 4.78 is 5.07. The van der Waals surface area contributed by atoms with Gasteiger partial charge in [-0.3, -0.25) is 4.79 Å². The number of rotatable bonds is 5. The van der Waals surface area contributed by atoms with Crippen LogP contribution >= 0.6 is 0 Å². The highest BCUT2D eigenvalue weighted by Crippen LogP contribution is 2.40. The topological polar surface area (TPSA) is 75.4 Å². The zero-order valence-corrected chi connectivity index (χ0v) is 9.27. The molecule has 0 bridgehead atoms. The van der Waals surface area contributed by atoms with Crippen molar-refractivity contribution in [2.24, 2.45) is 0 Å². The minimum absolute atomic E-state index is 0.251. The molecule has 1 aliphatic rings. The Labute approximate surface area is 93.8 Å². The van der Waals surface area contributed by atoms with Crippen molar-refractivity contribution in [3.63, 3.8) is 0 Å². The molecule has 1 heterocycles. The first kappa shape index (κ1) is 11.1. The van der Waals surface area contributed by atoms with Crippen LogP contribution in [0.5, 0.6) is 0 Å². The van der Waals surface area contributed by atoms with Crippen LogP contribution in [0.25, 0.3) is 0 Å². The molecular weight excluding hydrogens is 208 g/mol. The van der Waals surface area contributed by atoms with Crippen molar-refractivity contribution < 1.29 is 14.4 Å². The number of nitrogens with one attached hydrogen (secondary N) is 1. The molecule has 88 valence electrons. The van der Waals surface area contributed by atoms with Gasteiger partial charge in [0.05, 0.1) is 6.10 Å². The third-order valence-electron chi connectivity index (χ3n) is 2.71. The maximum Gasteiger partial charge on any atom is 0.273 e. The lowest BCUT2D eigenvalue weighted by Crippen LogP contribution is -2.31. The van der Waals surface area contributed by atoms with Gasteiger partial charge in [-0.15, -0.1) is 0 Å². The van der Waals surface area contributed by atoms with E-state index in [1.165, 1.54) is 0 Å². The fraction of sp³-hybridized carbons (Fsp3) is 0.636. The third-order valence-corrected chi connectivity index (χ3v) is 2.71. The van der Waals surface area contributed by atoms with Gasteiger partial charge in [0.25, 0.3) is 5.91 Å². The molecule has 1 amide bonds. The normalized spacial score (nSPS) is 17.1. The van der Waals surface area contributed by atoms with Crippen LogP contribution in [-0.2, 0) is 0 Å². The Morgan fingerprint density at radius 1 is 1.75 bits per heavy atom. The van der Waals surface area contributed by atoms with E-state index in [2.05, 4.69) is 10.5 Å². The van der Waals surface area contributed by atoms with E-state index in [9.17, 15) is 9.90 Å². The molecule has 1 aromatic rings. The van der Waals surface area contributed by atoms with E-state index < -0.39 is 6.10 Å². The zero-order chi connectivity index (χ0) is 11.5. The molecule has 2 N–H and O–H groups in total. The summed E-state index contributed by atoms with van der Waals surface area (Å²) in [5.74, 6) is 0.958. The molecule has 0 aromatic carbocycles. The fourth-order valence-corrected chi connectivity index (χ4v) is 1.40. The van der Waals surface area contributed by atoms with Crippen LogP contribution in [0.2, 0.25) is 0 Å². The first-order valence-electron chi connectivity index (χ1n) is 5.63. The monoisotopic (exact) mass is 224 g/mol. The quantitative estimate of drug-likeness (QED) is 0.784.